The van der Waals surface area contributed by atoms with Crippen LogP contribution in [0, 0.1) is 5.82 Å². The van der Waals surface area contributed by atoms with Crippen molar-refractivity contribution in [3.05, 3.63) is 88.5 Å². The van der Waals surface area contributed by atoms with Gasteiger partial charge in [0.05, 0.1) is 12.5 Å². The Morgan fingerprint density at radius 2 is 2.04 bits per heavy atom. The van der Waals surface area contributed by atoms with Crippen LogP contribution < -0.4 is 4.72 Å². The molecule has 0 aliphatic heterocycles. The number of halogens is 2. The van der Waals surface area contributed by atoms with Crippen LogP contribution in [0.4, 0.5) is 9.52 Å². The normalized spacial score (nSPS) is 12.1. The highest BCUT2D eigenvalue weighted by molar-refractivity contribution is 8.00. The van der Waals surface area contributed by atoms with E-state index < -0.39 is 11.9 Å². The Labute approximate surface area is 174 Å². The van der Waals surface area contributed by atoms with Gasteiger partial charge >= 0.3 is 0 Å². The highest BCUT2D eigenvalue weighted by Gasteiger charge is 2.20. The van der Waals surface area contributed by atoms with Crippen LogP contribution in [0.2, 0.25) is 5.02 Å². The molecule has 4 aromatic rings. The molecule has 4 rings (SSSR count). The molecule has 0 spiro atoms. The third kappa shape index (κ3) is 4.07. The van der Waals surface area contributed by atoms with Crippen molar-refractivity contribution in [1.29, 1.82) is 0 Å². The van der Waals surface area contributed by atoms with E-state index in [4.69, 9.17) is 16.0 Å². The fraction of sp³-hybridized carbons (Fsp3) is 0.0500. The molecule has 2 aromatic heterocycles. The van der Waals surface area contributed by atoms with Gasteiger partial charge in [-0.1, -0.05) is 23.7 Å². The van der Waals surface area contributed by atoms with E-state index in [1.807, 2.05) is 5.38 Å². The van der Waals surface area contributed by atoms with Gasteiger partial charge in [-0.25, -0.2) is 9.37 Å². The molecule has 2 aromatic carbocycles. The summed E-state index contributed by atoms with van der Waals surface area (Å²) in [6.07, 6.45) is 3.64. The summed E-state index contributed by atoms with van der Waals surface area (Å²) in [6.45, 7) is 0. The predicted octanol–water partition coefficient (Wildman–Crippen LogP) is 6.40. The molecule has 2 N–H and O–H groups in total. The summed E-state index contributed by atoms with van der Waals surface area (Å²) in [7, 11) is 0. The summed E-state index contributed by atoms with van der Waals surface area (Å²) < 4.78 is 22.9. The fourth-order valence-electron chi connectivity index (χ4n) is 2.77. The van der Waals surface area contributed by atoms with Gasteiger partial charge < -0.3 is 14.2 Å². The first-order valence-electron chi connectivity index (χ1n) is 8.23. The molecule has 0 aliphatic carbocycles. The SMILES string of the molecule is OC(c1ccc(SNc2nccs2)cc1F)c1ccc(Cl)cc1-c1ccoc1. The topological polar surface area (TPSA) is 58.3 Å². The van der Waals surface area contributed by atoms with Gasteiger partial charge in [-0.05, 0) is 53.4 Å². The van der Waals surface area contributed by atoms with Crippen molar-refractivity contribution in [3.8, 4) is 11.1 Å². The summed E-state index contributed by atoms with van der Waals surface area (Å²) >= 11 is 8.83. The quantitative estimate of drug-likeness (QED) is 0.345. The third-order valence-electron chi connectivity index (χ3n) is 4.10. The van der Waals surface area contributed by atoms with Crippen molar-refractivity contribution in [3.63, 3.8) is 0 Å². The molecule has 1 unspecified atom stereocenters. The van der Waals surface area contributed by atoms with Crippen molar-refractivity contribution < 1.29 is 13.9 Å². The number of aliphatic hydroxyl groups excluding tert-OH is 1. The summed E-state index contributed by atoms with van der Waals surface area (Å²) in [5, 5.41) is 14.0. The van der Waals surface area contributed by atoms with Gasteiger partial charge in [0.15, 0.2) is 5.13 Å². The highest BCUT2D eigenvalue weighted by Crippen LogP contribution is 2.36. The maximum atomic E-state index is 14.7. The van der Waals surface area contributed by atoms with Gasteiger partial charge in [-0.15, -0.1) is 11.3 Å². The predicted molar refractivity (Wildman–Crippen MR) is 111 cm³/mol. The van der Waals surface area contributed by atoms with Crippen molar-refractivity contribution in [2.24, 2.45) is 0 Å². The lowest BCUT2D eigenvalue weighted by atomic mass is 9.94. The number of aromatic nitrogens is 1. The number of thiazole rings is 1. The van der Waals surface area contributed by atoms with Crippen LogP contribution in [-0.2, 0) is 0 Å². The second-order valence-electron chi connectivity index (χ2n) is 5.87. The lowest BCUT2D eigenvalue weighted by Gasteiger charge is -2.17. The first-order valence-corrected chi connectivity index (χ1v) is 10.3. The number of hydrogen-bond donors (Lipinski definition) is 2. The monoisotopic (exact) mass is 432 g/mol. The number of rotatable bonds is 6. The largest absolute Gasteiger partial charge is 0.472 e. The Morgan fingerprint density at radius 1 is 1.18 bits per heavy atom. The van der Waals surface area contributed by atoms with Crippen LogP contribution in [0.3, 0.4) is 0 Å². The van der Waals surface area contributed by atoms with Crippen LogP contribution >= 0.6 is 34.9 Å². The average Bonchev–Trinajstić information content (AvgIpc) is 3.40. The summed E-state index contributed by atoms with van der Waals surface area (Å²) in [6, 6.07) is 11.6. The van der Waals surface area contributed by atoms with E-state index >= 15 is 0 Å². The molecule has 4 nitrogen and oxygen atoms in total. The van der Waals surface area contributed by atoms with Crippen molar-refractivity contribution in [2.45, 2.75) is 11.0 Å². The fourth-order valence-corrected chi connectivity index (χ4v) is 4.19. The Balaban J connectivity index is 1.61. The zero-order valence-electron chi connectivity index (χ0n) is 14.3. The second kappa shape index (κ2) is 8.36. The molecule has 1 atom stereocenters. The lowest BCUT2D eigenvalue weighted by molar-refractivity contribution is 0.215. The number of nitrogens with one attached hydrogen (secondary N) is 1. The minimum atomic E-state index is -1.15. The molecule has 0 amide bonds. The molecule has 28 heavy (non-hydrogen) atoms. The van der Waals surface area contributed by atoms with Crippen molar-refractivity contribution in [2.75, 3.05) is 4.72 Å². The van der Waals surface area contributed by atoms with Gasteiger partial charge in [0.1, 0.15) is 11.9 Å². The van der Waals surface area contributed by atoms with Crippen molar-refractivity contribution in [1.82, 2.24) is 4.98 Å². The van der Waals surface area contributed by atoms with E-state index in [1.54, 1.807) is 48.9 Å². The second-order valence-corrected chi connectivity index (χ2v) is 8.08. The zero-order chi connectivity index (χ0) is 19.5. The highest BCUT2D eigenvalue weighted by atomic mass is 35.5. The number of aliphatic hydroxyl groups is 1. The Kier molecular flexibility index (Phi) is 5.68. The van der Waals surface area contributed by atoms with Crippen LogP contribution in [0.25, 0.3) is 11.1 Å². The molecule has 142 valence electrons. The molecule has 0 saturated heterocycles. The summed E-state index contributed by atoms with van der Waals surface area (Å²) in [5.74, 6) is -0.494. The Morgan fingerprint density at radius 3 is 2.75 bits per heavy atom. The molecule has 2 heterocycles. The maximum absolute atomic E-state index is 14.7. The van der Waals surface area contributed by atoms with Gasteiger partial charge in [-0.3, -0.25) is 0 Å². The molecule has 0 radical (unpaired) electrons. The Bertz CT molecular complexity index is 1070. The summed E-state index contributed by atoms with van der Waals surface area (Å²) in [5.41, 5.74) is 2.19. The molecular weight excluding hydrogens is 419 g/mol. The van der Waals surface area contributed by atoms with Gasteiger partial charge in [0.25, 0.3) is 0 Å². The molecule has 8 heteroatoms. The third-order valence-corrected chi connectivity index (χ3v) is 5.94. The number of anilines is 1. The average molecular weight is 433 g/mol. The van der Waals surface area contributed by atoms with E-state index in [0.717, 1.165) is 10.7 Å². The molecule has 0 saturated carbocycles. The van der Waals surface area contributed by atoms with Crippen LogP contribution in [0.15, 0.2) is 75.9 Å². The van der Waals surface area contributed by atoms with Crippen LogP contribution in [0.1, 0.15) is 17.2 Å². The molecule has 0 aliphatic rings. The zero-order valence-corrected chi connectivity index (χ0v) is 16.7. The number of nitrogens with zero attached hydrogens (tertiary/aromatic N) is 1. The minimum absolute atomic E-state index is 0.186. The van der Waals surface area contributed by atoms with E-state index in [0.29, 0.717) is 21.0 Å². The first-order chi connectivity index (χ1) is 13.6. The minimum Gasteiger partial charge on any atom is -0.472 e. The maximum Gasteiger partial charge on any atom is 0.192 e. The van der Waals surface area contributed by atoms with Gasteiger partial charge in [0, 0.05) is 32.6 Å². The first kappa shape index (κ1) is 19.0. The number of benzene rings is 2. The number of furan rings is 1. The lowest BCUT2D eigenvalue weighted by Crippen LogP contribution is -2.04. The van der Waals surface area contributed by atoms with E-state index in [1.165, 1.54) is 35.6 Å². The smallest absolute Gasteiger partial charge is 0.192 e. The number of hydrogen-bond acceptors (Lipinski definition) is 6. The Hall–Kier alpha value is -2.32. The van der Waals surface area contributed by atoms with E-state index in [-0.39, 0.29) is 5.56 Å². The summed E-state index contributed by atoms with van der Waals surface area (Å²) in [4.78, 5) is 4.79. The van der Waals surface area contributed by atoms with E-state index in [9.17, 15) is 9.50 Å². The van der Waals surface area contributed by atoms with Crippen LogP contribution in [-0.4, -0.2) is 10.1 Å². The standard InChI is InChI=1S/C20H14ClFN2O2S2/c21-13-1-3-15(17(9-13)12-5-7-26-11-12)19(25)16-4-2-14(10-18(16)22)28-24-20-23-6-8-27-20/h1-11,19,25H,(H,23,24). The molecule has 0 fully saturated rings. The van der Waals surface area contributed by atoms with Gasteiger partial charge in [-0.2, -0.15) is 0 Å². The molecular formula is C20H14ClFN2O2S2. The van der Waals surface area contributed by atoms with Crippen molar-refractivity contribution >= 4 is 40.0 Å². The van der Waals surface area contributed by atoms with E-state index in [2.05, 4.69) is 9.71 Å². The van der Waals surface area contributed by atoms with Gasteiger partial charge in [0.2, 0.25) is 0 Å². The van der Waals surface area contributed by atoms with Crippen LogP contribution in [0.5, 0.6) is 0 Å². The molecule has 0 bridgehead atoms.